The maximum Gasteiger partial charge on any atom is 0.178 e. The summed E-state index contributed by atoms with van der Waals surface area (Å²) < 4.78 is 7.21. The molecule has 0 bridgehead atoms. The van der Waals surface area contributed by atoms with Crippen molar-refractivity contribution in [3.05, 3.63) is 23.1 Å². The minimum absolute atomic E-state index is 0.315. The fraction of sp³-hybridized carbons (Fsp3) is 0.583. The van der Waals surface area contributed by atoms with Gasteiger partial charge in [-0.05, 0) is 31.4 Å². The lowest BCUT2D eigenvalue weighted by atomic mass is 9.86. The third kappa shape index (κ3) is 2.08. The molecular formula is C12H15ClN4O. The van der Waals surface area contributed by atoms with Crippen LogP contribution in [-0.4, -0.2) is 33.0 Å². The molecule has 6 heteroatoms. The van der Waals surface area contributed by atoms with Crippen LogP contribution in [0.1, 0.15) is 37.4 Å². The lowest BCUT2D eigenvalue weighted by Gasteiger charge is -2.26. The monoisotopic (exact) mass is 266 g/mol. The van der Waals surface area contributed by atoms with Crippen molar-refractivity contribution >= 4 is 17.2 Å². The fourth-order valence-electron chi connectivity index (χ4n) is 2.63. The molecule has 0 saturated heterocycles. The van der Waals surface area contributed by atoms with Gasteiger partial charge < -0.3 is 4.74 Å². The molecule has 1 fully saturated rings. The molecule has 0 spiro atoms. The first kappa shape index (κ1) is 11.9. The van der Waals surface area contributed by atoms with Gasteiger partial charge in [-0.2, -0.15) is 9.61 Å². The fourth-order valence-corrected chi connectivity index (χ4v) is 2.77. The van der Waals surface area contributed by atoms with Gasteiger partial charge in [-0.3, -0.25) is 0 Å². The van der Waals surface area contributed by atoms with Crippen LogP contribution in [0.4, 0.5) is 0 Å². The Balaban J connectivity index is 1.96. The number of hydrogen-bond acceptors (Lipinski definition) is 4. The number of methoxy groups -OCH3 is 1. The van der Waals surface area contributed by atoms with Gasteiger partial charge in [0.15, 0.2) is 11.5 Å². The average Bonchev–Trinajstić information content (AvgIpc) is 2.81. The van der Waals surface area contributed by atoms with Crippen molar-refractivity contribution in [1.82, 2.24) is 19.8 Å². The van der Waals surface area contributed by atoms with Gasteiger partial charge in [0.2, 0.25) is 0 Å². The maximum atomic E-state index is 5.93. The smallest absolute Gasteiger partial charge is 0.178 e. The van der Waals surface area contributed by atoms with E-state index in [4.69, 9.17) is 16.3 Å². The third-order valence-corrected chi connectivity index (χ3v) is 3.78. The summed E-state index contributed by atoms with van der Waals surface area (Å²) >= 11 is 5.93. The highest BCUT2D eigenvalue weighted by atomic mass is 35.5. The molecule has 0 amide bonds. The number of halogens is 1. The molecule has 1 aliphatic rings. The van der Waals surface area contributed by atoms with Gasteiger partial charge in [-0.15, -0.1) is 10.2 Å². The zero-order valence-corrected chi connectivity index (χ0v) is 11.0. The zero-order valence-electron chi connectivity index (χ0n) is 10.2. The molecule has 1 saturated carbocycles. The SMILES string of the molecule is COC1CCCC(c2nnc3ccc(Cl)nn23)C1. The van der Waals surface area contributed by atoms with Gasteiger partial charge in [0.25, 0.3) is 0 Å². The topological polar surface area (TPSA) is 52.3 Å². The third-order valence-electron chi connectivity index (χ3n) is 3.58. The van der Waals surface area contributed by atoms with Crippen LogP contribution in [0.5, 0.6) is 0 Å². The van der Waals surface area contributed by atoms with E-state index in [1.165, 1.54) is 0 Å². The van der Waals surface area contributed by atoms with Gasteiger partial charge in [0.1, 0.15) is 5.15 Å². The first-order valence-corrected chi connectivity index (χ1v) is 6.56. The van der Waals surface area contributed by atoms with Crippen LogP contribution >= 0.6 is 11.6 Å². The zero-order chi connectivity index (χ0) is 12.5. The number of rotatable bonds is 2. The van der Waals surface area contributed by atoms with Gasteiger partial charge in [0.05, 0.1) is 6.10 Å². The highest BCUT2D eigenvalue weighted by molar-refractivity contribution is 6.29. The van der Waals surface area contributed by atoms with E-state index in [9.17, 15) is 0 Å². The molecule has 2 atom stereocenters. The highest BCUT2D eigenvalue weighted by Crippen LogP contribution is 2.33. The first-order valence-electron chi connectivity index (χ1n) is 6.18. The normalized spacial score (nSPS) is 24.6. The van der Waals surface area contributed by atoms with E-state index >= 15 is 0 Å². The lowest BCUT2D eigenvalue weighted by Crippen LogP contribution is -2.22. The molecule has 2 heterocycles. The minimum atomic E-state index is 0.315. The summed E-state index contributed by atoms with van der Waals surface area (Å²) in [5, 5.41) is 13.1. The van der Waals surface area contributed by atoms with E-state index < -0.39 is 0 Å². The van der Waals surface area contributed by atoms with Crippen molar-refractivity contribution in [2.75, 3.05) is 7.11 Å². The number of hydrogen-bond donors (Lipinski definition) is 0. The molecule has 0 N–H and O–H groups in total. The Morgan fingerprint density at radius 1 is 1.33 bits per heavy atom. The Kier molecular flexibility index (Phi) is 3.18. The number of fused-ring (bicyclic) bond motifs is 1. The first-order chi connectivity index (χ1) is 8.78. The van der Waals surface area contributed by atoms with Crippen LogP contribution in [0.3, 0.4) is 0 Å². The van der Waals surface area contributed by atoms with Crippen molar-refractivity contribution < 1.29 is 4.74 Å². The second-order valence-electron chi connectivity index (χ2n) is 4.71. The molecular weight excluding hydrogens is 252 g/mol. The minimum Gasteiger partial charge on any atom is -0.381 e. The predicted octanol–water partition coefficient (Wildman–Crippen LogP) is 2.45. The Morgan fingerprint density at radius 3 is 3.06 bits per heavy atom. The van der Waals surface area contributed by atoms with Crippen LogP contribution in [0.15, 0.2) is 12.1 Å². The summed E-state index contributed by atoms with van der Waals surface area (Å²) in [5.41, 5.74) is 0.744. The predicted molar refractivity (Wildman–Crippen MR) is 67.8 cm³/mol. The summed E-state index contributed by atoms with van der Waals surface area (Å²) in [5.74, 6) is 1.25. The van der Waals surface area contributed by atoms with Crippen molar-refractivity contribution in [2.24, 2.45) is 0 Å². The van der Waals surface area contributed by atoms with Crippen molar-refractivity contribution in [2.45, 2.75) is 37.7 Å². The summed E-state index contributed by atoms with van der Waals surface area (Å²) in [7, 11) is 1.77. The number of ether oxygens (including phenoxy) is 1. The maximum absolute atomic E-state index is 5.93. The van der Waals surface area contributed by atoms with E-state index in [-0.39, 0.29) is 0 Å². The van der Waals surface area contributed by atoms with E-state index in [1.807, 2.05) is 6.07 Å². The molecule has 0 aromatic carbocycles. The highest BCUT2D eigenvalue weighted by Gasteiger charge is 2.27. The van der Waals surface area contributed by atoms with Gasteiger partial charge in [0, 0.05) is 13.0 Å². The summed E-state index contributed by atoms with van der Waals surface area (Å²) in [6.45, 7) is 0. The van der Waals surface area contributed by atoms with E-state index in [1.54, 1.807) is 17.7 Å². The van der Waals surface area contributed by atoms with Crippen molar-refractivity contribution in [1.29, 1.82) is 0 Å². The van der Waals surface area contributed by atoms with E-state index in [0.29, 0.717) is 17.2 Å². The Bertz CT molecular complexity index is 556. The Labute approximate surface area is 110 Å². The lowest BCUT2D eigenvalue weighted by molar-refractivity contribution is 0.0621. The quantitative estimate of drug-likeness (QED) is 0.838. The average molecular weight is 267 g/mol. The number of aromatic nitrogens is 4. The molecule has 0 radical (unpaired) electrons. The Morgan fingerprint density at radius 2 is 2.22 bits per heavy atom. The van der Waals surface area contributed by atoms with Crippen LogP contribution in [0.2, 0.25) is 5.15 Å². The molecule has 96 valence electrons. The summed E-state index contributed by atoms with van der Waals surface area (Å²) in [6, 6.07) is 3.57. The van der Waals surface area contributed by atoms with Crippen LogP contribution in [0.25, 0.3) is 5.65 Å². The van der Waals surface area contributed by atoms with Gasteiger partial charge in [-0.1, -0.05) is 18.0 Å². The van der Waals surface area contributed by atoms with Crippen LogP contribution < -0.4 is 0 Å². The standard InChI is InChI=1S/C12H15ClN4O/c1-18-9-4-2-3-8(7-9)12-15-14-11-6-5-10(13)16-17(11)12/h5-6,8-9H,2-4,7H2,1H3. The van der Waals surface area contributed by atoms with Gasteiger partial charge in [-0.25, -0.2) is 0 Å². The number of nitrogens with zero attached hydrogens (tertiary/aromatic N) is 4. The van der Waals surface area contributed by atoms with Crippen molar-refractivity contribution in [3.63, 3.8) is 0 Å². The molecule has 3 rings (SSSR count). The Hall–Kier alpha value is -1.20. The molecule has 18 heavy (non-hydrogen) atoms. The molecule has 2 unspecified atom stereocenters. The van der Waals surface area contributed by atoms with Crippen LogP contribution in [-0.2, 0) is 4.74 Å². The van der Waals surface area contributed by atoms with Gasteiger partial charge >= 0.3 is 0 Å². The molecule has 5 nitrogen and oxygen atoms in total. The largest absolute Gasteiger partial charge is 0.381 e. The second kappa shape index (κ2) is 4.82. The van der Waals surface area contributed by atoms with E-state index in [2.05, 4.69) is 15.3 Å². The molecule has 2 aromatic heterocycles. The summed E-state index contributed by atoms with van der Waals surface area (Å²) in [6.07, 6.45) is 4.67. The molecule has 0 aliphatic heterocycles. The van der Waals surface area contributed by atoms with E-state index in [0.717, 1.165) is 37.2 Å². The molecule has 2 aromatic rings. The van der Waals surface area contributed by atoms with Crippen molar-refractivity contribution in [3.8, 4) is 0 Å². The summed E-state index contributed by atoms with van der Waals surface area (Å²) in [4.78, 5) is 0. The second-order valence-corrected chi connectivity index (χ2v) is 5.09. The molecule has 1 aliphatic carbocycles. The van der Waals surface area contributed by atoms with Crippen LogP contribution in [0, 0.1) is 0 Å².